The van der Waals surface area contributed by atoms with Crippen LogP contribution in [0, 0.1) is 5.92 Å². The minimum Gasteiger partial charge on any atom is -0.481 e. The molecule has 1 atom stereocenters. The second-order valence-corrected chi connectivity index (χ2v) is 7.17. The molecule has 0 radical (unpaired) electrons. The SMILES string of the molecule is CN1C(=O)C[C@H](C(=O)O)C12CCN(C(=O)c1cccc3nccnc13)CC2. The highest BCUT2D eigenvalue weighted by atomic mass is 16.4. The lowest BCUT2D eigenvalue weighted by Gasteiger charge is -2.45. The number of benzene rings is 1. The summed E-state index contributed by atoms with van der Waals surface area (Å²) in [7, 11) is 1.67. The summed E-state index contributed by atoms with van der Waals surface area (Å²) < 4.78 is 0. The van der Waals surface area contributed by atoms with Crippen molar-refractivity contribution in [3.05, 3.63) is 36.2 Å². The maximum atomic E-state index is 13.0. The summed E-state index contributed by atoms with van der Waals surface area (Å²) in [5.41, 5.74) is 0.992. The highest BCUT2D eigenvalue weighted by molar-refractivity contribution is 6.04. The first-order chi connectivity index (χ1) is 12.9. The van der Waals surface area contributed by atoms with Crippen molar-refractivity contribution in [2.45, 2.75) is 24.8 Å². The Morgan fingerprint density at radius 1 is 1.19 bits per heavy atom. The van der Waals surface area contributed by atoms with E-state index >= 15 is 0 Å². The molecule has 2 aliphatic heterocycles. The fraction of sp³-hybridized carbons (Fsp3) is 0.421. The summed E-state index contributed by atoms with van der Waals surface area (Å²) in [6, 6.07) is 5.31. The van der Waals surface area contributed by atoms with Crippen LogP contribution in [0.3, 0.4) is 0 Å². The fourth-order valence-corrected chi connectivity index (χ4v) is 4.42. The van der Waals surface area contributed by atoms with Crippen molar-refractivity contribution >= 4 is 28.8 Å². The van der Waals surface area contributed by atoms with Gasteiger partial charge in [0.1, 0.15) is 5.52 Å². The Morgan fingerprint density at radius 2 is 1.89 bits per heavy atom. The van der Waals surface area contributed by atoms with E-state index in [1.807, 2.05) is 0 Å². The lowest BCUT2D eigenvalue weighted by molar-refractivity contribution is -0.145. The largest absolute Gasteiger partial charge is 0.481 e. The molecule has 0 unspecified atom stereocenters. The van der Waals surface area contributed by atoms with Crippen LogP contribution in [0.2, 0.25) is 0 Å². The Balaban J connectivity index is 1.58. The molecule has 8 nitrogen and oxygen atoms in total. The molecule has 1 spiro atoms. The maximum Gasteiger partial charge on any atom is 0.309 e. The zero-order chi connectivity index (χ0) is 19.2. The van der Waals surface area contributed by atoms with E-state index < -0.39 is 17.4 Å². The summed E-state index contributed by atoms with van der Waals surface area (Å²) in [6.45, 7) is 0.799. The van der Waals surface area contributed by atoms with Crippen LogP contribution in [0.25, 0.3) is 11.0 Å². The predicted molar refractivity (Wildman–Crippen MR) is 95.9 cm³/mol. The van der Waals surface area contributed by atoms with Crippen molar-refractivity contribution in [3.63, 3.8) is 0 Å². The van der Waals surface area contributed by atoms with Gasteiger partial charge in [0.05, 0.1) is 22.5 Å². The molecule has 27 heavy (non-hydrogen) atoms. The average molecular weight is 368 g/mol. The topological polar surface area (TPSA) is 104 Å². The lowest BCUT2D eigenvalue weighted by Crippen LogP contribution is -2.57. The second kappa shape index (κ2) is 6.29. The molecule has 1 aromatic heterocycles. The lowest BCUT2D eigenvalue weighted by atomic mass is 9.77. The maximum absolute atomic E-state index is 13.0. The van der Waals surface area contributed by atoms with Crippen LogP contribution in [-0.2, 0) is 9.59 Å². The molecule has 0 bridgehead atoms. The van der Waals surface area contributed by atoms with Crippen molar-refractivity contribution in [2.24, 2.45) is 5.92 Å². The molecule has 140 valence electrons. The number of nitrogens with zero attached hydrogens (tertiary/aromatic N) is 4. The van der Waals surface area contributed by atoms with E-state index in [1.54, 1.807) is 47.4 Å². The normalized spacial score (nSPS) is 21.8. The van der Waals surface area contributed by atoms with E-state index in [-0.39, 0.29) is 18.2 Å². The minimum absolute atomic E-state index is 0.0265. The molecule has 4 rings (SSSR count). The summed E-state index contributed by atoms with van der Waals surface area (Å²) in [4.78, 5) is 48.6. The number of likely N-dealkylation sites (tertiary alicyclic amines) is 2. The van der Waals surface area contributed by atoms with Gasteiger partial charge in [0, 0.05) is 39.0 Å². The second-order valence-electron chi connectivity index (χ2n) is 7.17. The van der Waals surface area contributed by atoms with E-state index in [2.05, 4.69) is 9.97 Å². The van der Waals surface area contributed by atoms with Crippen molar-refractivity contribution in [1.82, 2.24) is 19.8 Å². The number of aromatic nitrogens is 2. The summed E-state index contributed by atoms with van der Waals surface area (Å²) in [5, 5.41) is 9.56. The van der Waals surface area contributed by atoms with Gasteiger partial charge in [0.2, 0.25) is 5.91 Å². The zero-order valence-corrected chi connectivity index (χ0v) is 15.0. The number of fused-ring (bicyclic) bond motifs is 1. The third kappa shape index (κ3) is 2.63. The Bertz CT molecular complexity index is 931. The molecule has 3 heterocycles. The van der Waals surface area contributed by atoms with Gasteiger partial charge in [-0.25, -0.2) is 0 Å². The van der Waals surface area contributed by atoms with Gasteiger partial charge in [-0.15, -0.1) is 0 Å². The zero-order valence-electron chi connectivity index (χ0n) is 15.0. The molecule has 2 saturated heterocycles. The number of aliphatic carboxylic acids is 1. The van der Waals surface area contributed by atoms with Gasteiger partial charge in [-0.2, -0.15) is 0 Å². The van der Waals surface area contributed by atoms with Crippen molar-refractivity contribution in [2.75, 3.05) is 20.1 Å². The smallest absolute Gasteiger partial charge is 0.309 e. The van der Waals surface area contributed by atoms with Crippen LogP contribution >= 0.6 is 0 Å². The highest BCUT2D eigenvalue weighted by Crippen LogP contribution is 2.43. The Labute approximate surface area is 155 Å². The molecule has 1 N–H and O–H groups in total. The Kier molecular flexibility index (Phi) is 4.05. The minimum atomic E-state index is -0.947. The Morgan fingerprint density at radius 3 is 2.59 bits per heavy atom. The first-order valence-corrected chi connectivity index (χ1v) is 8.92. The van der Waals surface area contributed by atoms with Crippen LogP contribution in [0.5, 0.6) is 0 Å². The van der Waals surface area contributed by atoms with Crippen LogP contribution in [0.1, 0.15) is 29.6 Å². The van der Waals surface area contributed by atoms with Crippen LogP contribution in [0.15, 0.2) is 30.6 Å². The average Bonchev–Trinajstić information content (AvgIpc) is 2.93. The van der Waals surface area contributed by atoms with Gasteiger partial charge in [0.15, 0.2) is 0 Å². The number of carboxylic acid groups (broad SMARTS) is 1. The van der Waals surface area contributed by atoms with Crippen molar-refractivity contribution in [1.29, 1.82) is 0 Å². The molecular weight excluding hydrogens is 348 g/mol. The Hall–Kier alpha value is -3.03. The van der Waals surface area contributed by atoms with E-state index in [9.17, 15) is 19.5 Å². The number of hydrogen-bond acceptors (Lipinski definition) is 5. The number of carbonyl (C=O) groups excluding carboxylic acids is 2. The van der Waals surface area contributed by atoms with E-state index in [0.717, 1.165) is 0 Å². The van der Waals surface area contributed by atoms with Crippen molar-refractivity contribution in [3.8, 4) is 0 Å². The van der Waals surface area contributed by atoms with Crippen LogP contribution < -0.4 is 0 Å². The first kappa shape index (κ1) is 17.4. The van der Waals surface area contributed by atoms with E-state index in [1.165, 1.54) is 0 Å². The molecular formula is C19H20N4O4. The van der Waals surface area contributed by atoms with Crippen molar-refractivity contribution < 1.29 is 19.5 Å². The van der Waals surface area contributed by atoms with E-state index in [4.69, 9.17) is 0 Å². The molecule has 2 aromatic rings. The first-order valence-electron chi connectivity index (χ1n) is 8.92. The molecule has 8 heteroatoms. The van der Waals surface area contributed by atoms with Gasteiger partial charge in [-0.3, -0.25) is 24.4 Å². The third-order valence-electron chi connectivity index (χ3n) is 6.01. The number of para-hydroxylation sites is 1. The third-order valence-corrected chi connectivity index (χ3v) is 6.01. The predicted octanol–water partition coefficient (Wildman–Crippen LogP) is 1.17. The molecule has 0 saturated carbocycles. The van der Waals surface area contributed by atoms with Gasteiger partial charge in [-0.05, 0) is 25.0 Å². The summed E-state index contributed by atoms with van der Waals surface area (Å²) in [6.07, 6.45) is 4.07. The number of rotatable bonds is 2. The molecule has 2 amide bonds. The number of carboxylic acids is 1. The summed E-state index contributed by atoms with van der Waals surface area (Å²) >= 11 is 0. The standard InChI is InChI=1S/C19H20N4O4/c1-22-15(24)11-13(18(26)27)19(22)5-9-23(10-6-19)17(25)12-3-2-4-14-16(12)21-8-7-20-14/h2-4,7-8,13H,5-6,9-11H2,1H3,(H,26,27)/t13-/m1/s1. The van der Waals surface area contributed by atoms with Gasteiger partial charge >= 0.3 is 5.97 Å². The fourth-order valence-electron chi connectivity index (χ4n) is 4.42. The number of hydrogen-bond donors (Lipinski definition) is 1. The van der Waals surface area contributed by atoms with Gasteiger partial charge in [0.25, 0.3) is 5.91 Å². The highest BCUT2D eigenvalue weighted by Gasteiger charge is 2.55. The van der Waals surface area contributed by atoms with Gasteiger partial charge < -0.3 is 14.9 Å². The monoisotopic (exact) mass is 368 g/mol. The molecule has 2 fully saturated rings. The molecule has 1 aromatic carbocycles. The number of amides is 2. The van der Waals surface area contributed by atoms with Crippen LogP contribution in [0.4, 0.5) is 0 Å². The number of piperidine rings is 1. The molecule has 0 aliphatic carbocycles. The van der Waals surface area contributed by atoms with E-state index in [0.29, 0.717) is 42.5 Å². The summed E-state index contributed by atoms with van der Waals surface area (Å²) in [5.74, 6) is -1.96. The van der Waals surface area contributed by atoms with Crippen LogP contribution in [-0.4, -0.2) is 68.3 Å². The number of carbonyl (C=O) groups is 3. The van der Waals surface area contributed by atoms with Gasteiger partial charge in [-0.1, -0.05) is 6.07 Å². The molecule has 2 aliphatic rings. The quantitative estimate of drug-likeness (QED) is 0.853.